The van der Waals surface area contributed by atoms with Crippen molar-refractivity contribution in [3.63, 3.8) is 0 Å². The van der Waals surface area contributed by atoms with E-state index in [0.717, 1.165) is 12.3 Å². The molecule has 0 saturated heterocycles. The smallest absolute Gasteiger partial charge is 0.0407 e. The molecule has 0 aromatic heterocycles. The highest BCUT2D eigenvalue weighted by molar-refractivity contribution is 4.85. The molecule has 1 aliphatic rings. The van der Waals surface area contributed by atoms with E-state index in [4.69, 9.17) is 5.53 Å². The first-order chi connectivity index (χ1) is 6.15. The summed E-state index contributed by atoms with van der Waals surface area (Å²) in [6.45, 7) is 6.69. The molecule has 1 rings (SSSR count). The summed E-state index contributed by atoms with van der Waals surface area (Å²) in [6.07, 6.45) is 3.59. The summed E-state index contributed by atoms with van der Waals surface area (Å²) in [4.78, 5) is 2.95. The molecule has 0 radical (unpaired) electrons. The van der Waals surface area contributed by atoms with E-state index in [2.05, 4.69) is 30.8 Å². The molecular weight excluding hydrogens is 162 g/mol. The van der Waals surface area contributed by atoms with Crippen molar-refractivity contribution in [1.29, 1.82) is 0 Å². The van der Waals surface area contributed by atoms with Crippen molar-refractivity contribution in [2.45, 2.75) is 46.1 Å². The third-order valence-corrected chi connectivity index (χ3v) is 3.19. The van der Waals surface area contributed by atoms with E-state index < -0.39 is 0 Å². The molecule has 0 spiro atoms. The Morgan fingerprint density at radius 2 is 2.08 bits per heavy atom. The van der Waals surface area contributed by atoms with Gasteiger partial charge in [0.15, 0.2) is 0 Å². The Hall–Kier alpha value is -0.690. The van der Waals surface area contributed by atoms with Crippen molar-refractivity contribution in [2.24, 2.45) is 22.9 Å². The van der Waals surface area contributed by atoms with Crippen LogP contribution in [-0.2, 0) is 0 Å². The number of hydrogen-bond acceptors (Lipinski definition) is 1. The van der Waals surface area contributed by atoms with Gasteiger partial charge in [-0.1, -0.05) is 32.3 Å². The van der Waals surface area contributed by atoms with Gasteiger partial charge in [-0.15, -0.1) is 0 Å². The van der Waals surface area contributed by atoms with E-state index >= 15 is 0 Å². The maximum absolute atomic E-state index is 8.46. The van der Waals surface area contributed by atoms with Gasteiger partial charge in [-0.25, -0.2) is 0 Å². The highest BCUT2D eigenvalue weighted by Gasteiger charge is 2.29. The lowest BCUT2D eigenvalue weighted by molar-refractivity contribution is 0.199. The van der Waals surface area contributed by atoms with Crippen LogP contribution in [0.15, 0.2) is 5.11 Å². The molecule has 0 aromatic carbocycles. The topological polar surface area (TPSA) is 48.8 Å². The van der Waals surface area contributed by atoms with E-state index in [0.29, 0.717) is 11.8 Å². The first-order valence-electron chi connectivity index (χ1n) is 5.19. The minimum absolute atomic E-state index is 0.244. The van der Waals surface area contributed by atoms with Gasteiger partial charge >= 0.3 is 0 Å². The molecule has 1 saturated carbocycles. The zero-order valence-corrected chi connectivity index (χ0v) is 8.77. The standard InChI is InChI=1S/C10H19N3/c1-7(2)9-5-4-8(3)6-10(9)12-13-11/h7-10H,4-6H2,1-3H3/t8-,9-,10+/m1/s1. The van der Waals surface area contributed by atoms with Crippen molar-refractivity contribution in [3.05, 3.63) is 10.4 Å². The second-order valence-corrected chi connectivity index (χ2v) is 4.60. The van der Waals surface area contributed by atoms with Crippen LogP contribution in [0.2, 0.25) is 0 Å². The Bertz CT molecular complexity index is 206. The Kier molecular flexibility index (Phi) is 3.61. The summed E-state index contributed by atoms with van der Waals surface area (Å²) in [7, 11) is 0. The maximum Gasteiger partial charge on any atom is 0.0407 e. The van der Waals surface area contributed by atoms with Gasteiger partial charge in [0, 0.05) is 11.0 Å². The number of rotatable bonds is 2. The normalized spacial score (nSPS) is 34.3. The van der Waals surface area contributed by atoms with E-state index in [9.17, 15) is 0 Å². The van der Waals surface area contributed by atoms with Crippen LogP contribution >= 0.6 is 0 Å². The second-order valence-electron chi connectivity index (χ2n) is 4.60. The first-order valence-corrected chi connectivity index (χ1v) is 5.19. The van der Waals surface area contributed by atoms with Crippen molar-refractivity contribution in [2.75, 3.05) is 0 Å². The van der Waals surface area contributed by atoms with Crippen LogP contribution in [0.25, 0.3) is 10.4 Å². The molecule has 74 valence electrons. The first kappa shape index (κ1) is 10.4. The molecule has 1 aliphatic carbocycles. The number of hydrogen-bond donors (Lipinski definition) is 0. The summed E-state index contributed by atoms with van der Waals surface area (Å²) in [5, 5.41) is 3.92. The molecule has 13 heavy (non-hydrogen) atoms. The molecular formula is C10H19N3. The van der Waals surface area contributed by atoms with Crippen molar-refractivity contribution < 1.29 is 0 Å². The van der Waals surface area contributed by atoms with Crippen LogP contribution in [0, 0.1) is 17.8 Å². The highest BCUT2D eigenvalue weighted by atomic mass is 15.2. The van der Waals surface area contributed by atoms with E-state index in [-0.39, 0.29) is 6.04 Å². The van der Waals surface area contributed by atoms with Crippen LogP contribution in [0.5, 0.6) is 0 Å². The molecule has 0 aliphatic heterocycles. The predicted molar refractivity (Wildman–Crippen MR) is 54.3 cm³/mol. The quantitative estimate of drug-likeness (QED) is 0.354. The zero-order valence-electron chi connectivity index (χ0n) is 8.77. The maximum atomic E-state index is 8.46. The molecule has 3 heteroatoms. The van der Waals surface area contributed by atoms with Gasteiger partial charge in [0.25, 0.3) is 0 Å². The molecule has 0 heterocycles. The van der Waals surface area contributed by atoms with E-state index in [1.165, 1.54) is 12.8 Å². The van der Waals surface area contributed by atoms with Crippen LogP contribution < -0.4 is 0 Å². The highest BCUT2D eigenvalue weighted by Crippen LogP contribution is 2.35. The van der Waals surface area contributed by atoms with E-state index in [1.807, 2.05) is 0 Å². The Balaban J connectivity index is 2.65. The fourth-order valence-corrected chi connectivity index (χ4v) is 2.35. The molecule has 1 fully saturated rings. The summed E-state index contributed by atoms with van der Waals surface area (Å²) in [5.74, 6) is 1.97. The lowest BCUT2D eigenvalue weighted by Gasteiger charge is -2.34. The van der Waals surface area contributed by atoms with Gasteiger partial charge in [0.2, 0.25) is 0 Å². The summed E-state index contributed by atoms with van der Waals surface area (Å²) >= 11 is 0. The molecule has 0 unspecified atom stereocenters. The fraction of sp³-hybridized carbons (Fsp3) is 1.00. The molecule has 0 bridgehead atoms. The van der Waals surface area contributed by atoms with Gasteiger partial charge in [-0.2, -0.15) is 0 Å². The average molecular weight is 181 g/mol. The van der Waals surface area contributed by atoms with E-state index in [1.54, 1.807) is 0 Å². The molecule has 0 amide bonds. The lowest BCUT2D eigenvalue weighted by Crippen LogP contribution is -2.30. The largest absolute Gasteiger partial charge is 0.0903 e. The van der Waals surface area contributed by atoms with Crippen LogP contribution in [0.1, 0.15) is 40.0 Å². The second kappa shape index (κ2) is 4.52. The predicted octanol–water partition coefficient (Wildman–Crippen LogP) is 3.76. The Morgan fingerprint density at radius 1 is 1.38 bits per heavy atom. The minimum atomic E-state index is 0.244. The molecule has 3 atom stereocenters. The monoisotopic (exact) mass is 181 g/mol. The SMILES string of the molecule is CC(C)[C@H]1CC[C@@H](C)C[C@@H]1N=[N+]=[N-]. The van der Waals surface area contributed by atoms with Crippen LogP contribution in [-0.4, -0.2) is 6.04 Å². The fourth-order valence-electron chi connectivity index (χ4n) is 2.35. The summed E-state index contributed by atoms with van der Waals surface area (Å²) in [5.41, 5.74) is 8.46. The third-order valence-electron chi connectivity index (χ3n) is 3.19. The minimum Gasteiger partial charge on any atom is -0.0903 e. The van der Waals surface area contributed by atoms with Gasteiger partial charge in [-0.05, 0) is 36.1 Å². The Morgan fingerprint density at radius 3 is 2.62 bits per heavy atom. The Labute approximate surface area is 80.2 Å². The lowest BCUT2D eigenvalue weighted by atomic mass is 9.74. The van der Waals surface area contributed by atoms with Crippen molar-refractivity contribution in [3.8, 4) is 0 Å². The van der Waals surface area contributed by atoms with Crippen LogP contribution in [0.4, 0.5) is 0 Å². The number of nitrogens with zero attached hydrogens (tertiary/aromatic N) is 3. The van der Waals surface area contributed by atoms with Crippen molar-refractivity contribution in [1.82, 2.24) is 0 Å². The average Bonchev–Trinajstić information content (AvgIpc) is 2.04. The third kappa shape index (κ3) is 2.63. The summed E-state index contributed by atoms with van der Waals surface area (Å²) < 4.78 is 0. The van der Waals surface area contributed by atoms with Gasteiger partial charge in [0.05, 0.1) is 0 Å². The number of azide groups is 1. The zero-order chi connectivity index (χ0) is 9.84. The van der Waals surface area contributed by atoms with Gasteiger partial charge in [0.1, 0.15) is 0 Å². The molecule has 3 nitrogen and oxygen atoms in total. The van der Waals surface area contributed by atoms with Gasteiger partial charge < -0.3 is 0 Å². The summed E-state index contributed by atoms with van der Waals surface area (Å²) in [6, 6.07) is 0.244. The van der Waals surface area contributed by atoms with Crippen molar-refractivity contribution >= 4 is 0 Å². The molecule has 0 N–H and O–H groups in total. The van der Waals surface area contributed by atoms with Gasteiger partial charge in [-0.3, -0.25) is 0 Å². The molecule has 0 aromatic rings. The van der Waals surface area contributed by atoms with Crippen LogP contribution in [0.3, 0.4) is 0 Å².